The summed E-state index contributed by atoms with van der Waals surface area (Å²) in [6.07, 6.45) is -2.78. The average Bonchev–Trinajstić information content (AvgIpc) is 2.78. The van der Waals surface area contributed by atoms with Crippen molar-refractivity contribution in [2.24, 2.45) is 0 Å². The van der Waals surface area contributed by atoms with Crippen molar-refractivity contribution in [2.75, 3.05) is 20.1 Å². The van der Waals surface area contributed by atoms with Crippen LogP contribution in [0.2, 0.25) is 0 Å². The quantitative estimate of drug-likeness (QED) is 0.756. The number of carboxylic acids is 1. The van der Waals surface area contributed by atoms with E-state index in [1.807, 2.05) is 6.92 Å². The first-order chi connectivity index (χ1) is 9.20. The normalized spacial score (nSPS) is 27.2. The number of carboxylic acid groups (broad SMARTS) is 1. The number of hydrogen-bond donors (Lipinski definition) is 2. The molecule has 1 aliphatic rings. The van der Waals surface area contributed by atoms with Crippen molar-refractivity contribution in [3.05, 3.63) is 0 Å². The van der Waals surface area contributed by atoms with Crippen molar-refractivity contribution in [3.63, 3.8) is 0 Å². The van der Waals surface area contributed by atoms with Gasteiger partial charge in [-0.2, -0.15) is 13.2 Å². The third-order valence-corrected chi connectivity index (χ3v) is 3.98. The van der Waals surface area contributed by atoms with Crippen LogP contribution in [0.25, 0.3) is 0 Å². The van der Waals surface area contributed by atoms with Gasteiger partial charge in [0.25, 0.3) is 0 Å². The summed E-state index contributed by atoms with van der Waals surface area (Å²) >= 11 is 0. The van der Waals surface area contributed by atoms with Gasteiger partial charge < -0.3 is 15.3 Å². The number of nitrogens with zero attached hydrogens (tertiary/aromatic N) is 1. The molecule has 0 saturated heterocycles. The lowest BCUT2D eigenvalue weighted by atomic mass is 9.97. The molecule has 0 bridgehead atoms. The number of hydrogen-bond acceptors (Lipinski definition) is 3. The van der Waals surface area contributed by atoms with E-state index >= 15 is 0 Å². The van der Waals surface area contributed by atoms with E-state index in [0.717, 1.165) is 6.42 Å². The van der Waals surface area contributed by atoms with Crippen LogP contribution in [-0.4, -0.2) is 53.9 Å². The molecule has 0 spiro atoms. The first kappa shape index (κ1) is 17.2. The molecule has 0 aliphatic heterocycles. The molecule has 0 heterocycles. The molecule has 0 aromatic rings. The van der Waals surface area contributed by atoms with Gasteiger partial charge in [-0.15, -0.1) is 0 Å². The molecule has 1 rings (SSSR count). The molecule has 1 fully saturated rings. The molecule has 1 saturated carbocycles. The topological polar surface area (TPSA) is 52.6 Å². The lowest BCUT2D eigenvalue weighted by Crippen LogP contribution is -2.51. The standard InChI is InChI=1S/C13H23F3N2O2/c1-3-7-17-12(11(19)20)5-4-10(9-12)18(2)8-6-13(14,15)16/h10,17H,3-9H2,1-2H3,(H,19,20). The van der Waals surface area contributed by atoms with Gasteiger partial charge in [0.1, 0.15) is 5.54 Å². The summed E-state index contributed by atoms with van der Waals surface area (Å²) in [6, 6.07) is -0.113. The van der Waals surface area contributed by atoms with Crippen molar-refractivity contribution >= 4 is 5.97 Å². The molecule has 0 radical (unpaired) electrons. The number of carbonyl (C=O) groups is 1. The van der Waals surface area contributed by atoms with E-state index in [4.69, 9.17) is 0 Å². The summed E-state index contributed by atoms with van der Waals surface area (Å²) < 4.78 is 36.6. The lowest BCUT2D eigenvalue weighted by Gasteiger charge is -2.29. The molecule has 0 aromatic carbocycles. The molecule has 2 atom stereocenters. The Morgan fingerprint density at radius 2 is 2.15 bits per heavy atom. The predicted molar refractivity (Wildman–Crippen MR) is 69.6 cm³/mol. The predicted octanol–water partition coefficient (Wildman–Crippen LogP) is 2.25. The zero-order valence-corrected chi connectivity index (χ0v) is 12.0. The Morgan fingerprint density at radius 1 is 1.50 bits per heavy atom. The van der Waals surface area contributed by atoms with E-state index in [9.17, 15) is 23.1 Å². The van der Waals surface area contributed by atoms with E-state index in [2.05, 4.69) is 5.32 Å². The zero-order valence-electron chi connectivity index (χ0n) is 12.0. The van der Waals surface area contributed by atoms with Crippen LogP contribution >= 0.6 is 0 Å². The Morgan fingerprint density at radius 3 is 2.65 bits per heavy atom. The van der Waals surface area contributed by atoms with Crippen molar-refractivity contribution in [2.45, 2.75) is 56.8 Å². The summed E-state index contributed by atoms with van der Waals surface area (Å²) in [5.74, 6) is -0.905. The fourth-order valence-electron chi connectivity index (χ4n) is 2.68. The molecule has 4 nitrogen and oxygen atoms in total. The van der Waals surface area contributed by atoms with E-state index in [1.165, 1.54) is 0 Å². The maximum Gasteiger partial charge on any atom is 0.390 e. The van der Waals surface area contributed by atoms with Gasteiger partial charge in [0.05, 0.1) is 6.42 Å². The van der Waals surface area contributed by atoms with Crippen molar-refractivity contribution < 1.29 is 23.1 Å². The highest BCUT2D eigenvalue weighted by Gasteiger charge is 2.46. The molecular weight excluding hydrogens is 273 g/mol. The minimum absolute atomic E-state index is 0.0857. The number of rotatable bonds is 7. The monoisotopic (exact) mass is 296 g/mol. The van der Waals surface area contributed by atoms with E-state index in [1.54, 1.807) is 11.9 Å². The second kappa shape index (κ2) is 6.76. The number of nitrogens with one attached hydrogen (secondary N) is 1. The second-order valence-corrected chi connectivity index (χ2v) is 5.56. The first-order valence-electron chi connectivity index (χ1n) is 6.95. The smallest absolute Gasteiger partial charge is 0.390 e. The van der Waals surface area contributed by atoms with Gasteiger partial charge in [-0.25, -0.2) is 0 Å². The molecule has 2 unspecified atom stereocenters. The van der Waals surface area contributed by atoms with Crippen LogP contribution < -0.4 is 5.32 Å². The van der Waals surface area contributed by atoms with Crippen LogP contribution in [0.4, 0.5) is 13.2 Å². The van der Waals surface area contributed by atoms with Gasteiger partial charge in [0, 0.05) is 12.6 Å². The van der Waals surface area contributed by atoms with Gasteiger partial charge in [-0.05, 0) is 39.3 Å². The van der Waals surface area contributed by atoms with Gasteiger partial charge in [-0.1, -0.05) is 6.92 Å². The highest BCUT2D eigenvalue weighted by molar-refractivity contribution is 5.79. The Hall–Kier alpha value is -0.820. The van der Waals surface area contributed by atoms with Crippen molar-refractivity contribution in [1.29, 1.82) is 0 Å². The molecule has 0 amide bonds. The molecule has 1 aliphatic carbocycles. The minimum atomic E-state index is -4.17. The highest BCUT2D eigenvalue weighted by atomic mass is 19.4. The summed E-state index contributed by atoms with van der Waals surface area (Å²) in [6.45, 7) is 2.47. The van der Waals surface area contributed by atoms with Gasteiger partial charge in [0.2, 0.25) is 0 Å². The fourth-order valence-corrected chi connectivity index (χ4v) is 2.68. The molecule has 0 aromatic heterocycles. The van der Waals surface area contributed by atoms with E-state index in [-0.39, 0.29) is 12.6 Å². The molecule has 2 N–H and O–H groups in total. The van der Waals surface area contributed by atoms with Crippen LogP contribution in [0.3, 0.4) is 0 Å². The first-order valence-corrected chi connectivity index (χ1v) is 6.95. The SMILES string of the molecule is CCCNC1(C(=O)O)CCC(N(C)CCC(F)(F)F)C1. The lowest BCUT2D eigenvalue weighted by molar-refractivity contribution is -0.145. The van der Waals surface area contributed by atoms with Gasteiger partial charge in [0.15, 0.2) is 0 Å². The third-order valence-electron chi connectivity index (χ3n) is 3.98. The average molecular weight is 296 g/mol. The summed E-state index contributed by atoms with van der Waals surface area (Å²) in [5.41, 5.74) is -0.979. The van der Waals surface area contributed by atoms with Gasteiger partial charge >= 0.3 is 12.1 Å². The van der Waals surface area contributed by atoms with E-state index in [0.29, 0.717) is 25.8 Å². The molecule has 118 valence electrons. The van der Waals surface area contributed by atoms with Crippen LogP contribution in [0.1, 0.15) is 39.0 Å². The third kappa shape index (κ3) is 4.63. The van der Waals surface area contributed by atoms with Crippen LogP contribution in [0.15, 0.2) is 0 Å². The second-order valence-electron chi connectivity index (χ2n) is 5.56. The fraction of sp³-hybridized carbons (Fsp3) is 0.923. The molecule has 20 heavy (non-hydrogen) atoms. The van der Waals surface area contributed by atoms with Crippen molar-refractivity contribution in [3.8, 4) is 0 Å². The largest absolute Gasteiger partial charge is 0.480 e. The number of aliphatic carboxylic acids is 1. The minimum Gasteiger partial charge on any atom is -0.480 e. The Balaban J connectivity index is 2.57. The summed E-state index contributed by atoms with van der Waals surface area (Å²) in [7, 11) is 1.63. The molecule has 7 heteroatoms. The van der Waals surface area contributed by atoms with E-state index < -0.39 is 24.1 Å². The van der Waals surface area contributed by atoms with Crippen LogP contribution in [-0.2, 0) is 4.79 Å². The van der Waals surface area contributed by atoms with Gasteiger partial charge in [-0.3, -0.25) is 4.79 Å². The van der Waals surface area contributed by atoms with Crippen LogP contribution in [0, 0.1) is 0 Å². The Kier molecular flexibility index (Phi) is 5.82. The summed E-state index contributed by atoms with van der Waals surface area (Å²) in [4.78, 5) is 13.1. The number of halogens is 3. The Bertz CT molecular complexity index is 336. The summed E-state index contributed by atoms with van der Waals surface area (Å²) in [5, 5.41) is 12.4. The highest BCUT2D eigenvalue weighted by Crippen LogP contribution is 2.33. The number of alkyl halides is 3. The van der Waals surface area contributed by atoms with Crippen molar-refractivity contribution in [1.82, 2.24) is 10.2 Å². The molecular formula is C13H23F3N2O2. The maximum absolute atomic E-state index is 12.2. The van der Waals surface area contributed by atoms with Crippen LogP contribution in [0.5, 0.6) is 0 Å². The zero-order chi connectivity index (χ0) is 15.4. The maximum atomic E-state index is 12.2. The Labute approximate surface area is 117 Å².